The smallest absolute Gasteiger partial charge is 0.322 e. The fourth-order valence-electron chi connectivity index (χ4n) is 5.48. The van der Waals surface area contributed by atoms with Crippen molar-refractivity contribution >= 4 is 22.8 Å². The standard InChI is InChI=1S/C19H20N2O3/c1-3-18-10-19(18,17(23)24-2)16(22)21-9-8-12-11-6-4-5-7-13(11)20-14(12)15(18)21/h4-7,15,20H,3,8-10H2,1-2H3/t15-,18-,19-/m1/s1. The number of benzene rings is 1. The minimum absolute atomic E-state index is 0.0366. The summed E-state index contributed by atoms with van der Waals surface area (Å²) >= 11 is 0. The summed E-state index contributed by atoms with van der Waals surface area (Å²) in [6.07, 6.45) is 2.24. The molecule has 1 aromatic carbocycles. The third-order valence-electron chi connectivity index (χ3n) is 6.65. The molecule has 1 amide bonds. The van der Waals surface area contributed by atoms with Crippen molar-refractivity contribution in [3.05, 3.63) is 35.5 Å². The van der Waals surface area contributed by atoms with Crippen LogP contribution in [0.2, 0.25) is 0 Å². The van der Waals surface area contributed by atoms with Crippen LogP contribution in [0, 0.1) is 10.8 Å². The molecule has 1 saturated carbocycles. The van der Waals surface area contributed by atoms with E-state index in [1.807, 2.05) is 17.0 Å². The SMILES string of the molecule is CC[C@]12C[C@]1(C(=O)OC)C(=O)N1CCc3c([nH]c4ccccc34)[C@@H]12. The number of aromatic amines is 1. The fraction of sp³-hybridized carbons (Fsp3) is 0.474. The van der Waals surface area contributed by atoms with Crippen LogP contribution in [-0.2, 0) is 20.7 Å². The first-order valence-electron chi connectivity index (χ1n) is 8.59. The maximum Gasteiger partial charge on any atom is 0.322 e. The number of fused-ring (bicyclic) bond motifs is 7. The molecule has 24 heavy (non-hydrogen) atoms. The summed E-state index contributed by atoms with van der Waals surface area (Å²) in [6.45, 7) is 2.76. The molecule has 1 aromatic heterocycles. The second-order valence-corrected chi connectivity index (χ2v) is 7.30. The third-order valence-corrected chi connectivity index (χ3v) is 6.65. The van der Waals surface area contributed by atoms with Gasteiger partial charge in [-0.25, -0.2) is 0 Å². The number of nitrogens with one attached hydrogen (secondary N) is 1. The van der Waals surface area contributed by atoms with Crippen molar-refractivity contribution in [2.24, 2.45) is 10.8 Å². The maximum absolute atomic E-state index is 13.1. The number of amides is 1. The van der Waals surface area contributed by atoms with Crippen LogP contribution >= 0.6 is 0 Å². The molecular weight excluding hydrogens is 304 g/mol. The number of para-hydroxylation sites is 1. The summed E-state index contributed by atoms with van der Waals surface area (Å²) in [5, 5.41) is 1.24. The largest absolute Gasteiger partial charge is 0.468 e. The van der Waals surface area contributed by atoms with E-state index in [1.165, 1.54) is 18.1 Å². The highest BCUT2D eigenvalue weighted by Gasteiger charge is 2.85. The average Bonchev–Trinajstić information content (AvgIpc) is 3.09. The Bertz CT molecular complexity index is 901. The lowest BCUT2D eigenvalue weighted by Gasteiger charge is -2.35. The van der Waals surface area contributed by atoms with Crippen molar-refractivity contribution in [1.82, 2.24) is 9.88 Å². The number of piperidine rings is 1. The van der Waals surface area contributed by atoms with Gasteiger partial charge in [-0.15, -0.1) is 0 Å². The van der Waals surface area contributed by atoms with Crippen LogP contribution in [0.5, 0.6) is 0 Å². The zero-order valence-electron chi connectivity index (χ0n) is 13.9. The number of carbonyl (C=O) groups is 2. The highest BCUT2D eigenvalue weighted by atomic mass is 16.5. The predicted octanol–water partition coefficient (Wildman–Crippen LogP) is 2.57. The lowest BCUT2D eigenvalue weighted by molar-refractivity contribution is -0.154. The average molecular weight is 324 g/mol. The molecule has 3 aliphatic rings. The minimum Gasteiger partial charge on any atom is -0.468 e. The van der Waals surface area contributed by atoms with Crippen LogP contribution in [0.25, 0.3) is 10.9 Å². The zero-order valence-corrected chi connectivity index (χ0v) is 13.9. The van der Waals surface area contributed by atoms with Crippen molar-refractivity contribution in [2.45, 2.75) is 32.2 Å². The van der Waals surface area contributed by atoms with Gasteiger partial charge in [0, 0.05) is 28.6 Å². The van der Waals surface area contributed by atoms with Crippen LogP contribution in [0.1, 0.15) is 37.1 Å². The number of hydrogen-bond acceptors (Lipinski definition) is 3. The summed E-state index contributed by atoms with van der Waals surface area (Å²) in [6, 6.07) is 8.25. The number of methoxy groups -OCH3 is 1. The van der Waals surface area contributed by atoms with E-state index in [9.17, 15) is 9.59 Å². The van der Waals surface area contributed by atoms with E-state index in [2.05, 4.69) is 24.0 Å². The molecule has 1 saturated heterocycles. The molecule has 0 radical (unpaired) electrons. The molecular formula is C19H20N2O3. The maximum atomic E-state index is 13.1. The molecule has 1 N–H and O–H groups in total. The molecule has 2 fully saturated rings. The number of rotatable bonds is 2. The second-order valence-electron chi connectivity index (χ2n) is 7.30. The molecule has 5 heteroatoms. The van der Waals surface area contributed by atoms with Crippen molar-refractivity contribution < 1.29 is 14.3 Å². The lowest BCUT2D eigenvalue weighted by atomic mass is 9.83. The van der Waals surface area contributed by atoms with Crippen LogP contribution in [0.3, 0.4) is 0 Å². The molecule has 2 aromatic rings. The molecule has 124 valence electrons. The van der Waals surface area contributed by atoms with Gasteiger partial charge < -0.3 is 14.6 Å². The summed E-state index contributed by atoms with van der Waals surface area (Å²) in [5.74, 6) is -0.396. The van der Waals surface area contributed by atoms with E-state index in [0.29, 0.717) is 13.0 Å². The minimum atomic E-state index is -0.958. The lowest BCUT2D eigenvalue weighted by Crippen LogP contribution is -2.40. The Morgan fingerprint density at radius 2 is 2.21 bits per heavy atom. The molecule has 5 rings (SSSR count). The number of esters is 1. The monoisotopic (exact) mass is 324 g/mol. The number of H-pyrrole nitrogens is 1. The molecule has 0 unspecified atom stereocenters. The van der Waals surface area contributed by atoms with E-state index in [0.717, 1.165) is 24.1 Å². The normalized spacial score (nSPS) is 33.2. The van der Waals surface area contributed by atoms with Crippen LogP contribution in [-0.4, -0.2) is 35.4 Å². The van der Waals surface area contributed by atoms with E-state index >= 15 is 0 Å². The van der Waals surface area contributed by atoms with E-state index in [4.69, 9.17) is 4.74 Å². The zero-order chi connectivity index (χ0) is 16.7. The van der Waals surface area contributed by atoms with Crippen molar-refractivity contribution in [2.75, 3.05) is 13.7 Å². The first-order chi connectivity index (χ1) is 11.6. The van der Waals surface area contributed by atoms with Crippen molar-refractivity contribution in [3.63, 3.8) is 0 Å². The molecule has 5 nitrogen and oxygen atoms in total. The number of nitrogens with zero attached hydrogens (tertiary/aromatic N) is 1. The second kappa shape index (κ2) is 4.21. The molecule has 2 aliphatic heterocycles. The molecule has 0 spiro atoms. The predicted molar refractivity (Wildman–Crippen MR) is 88.2 cm³/mol. The Labute approximate surface area is 140 Å². The quantitative estimate of drug-likeness (QED) is 0.682. The highest BCUT2D eigenvalue weighted by molar-refractivity contribution is 6.10. The van der Waals surface area contributed by atoms with Gasteiger partial charge in [0.25, 0.3) is 0 Å². The molecule has 1 aliphatic carbocycles. The fourth-order valence-corrected chi connectivity index (χ4v) is 5.48. The van der Waals surface area contributed by atoms with Gasteiger partial charge in [-0.05, 0) is 30.9 Å². The number of carbonyl (C=O) groups excluding carboxylic acids is 2. The highest BCUT2D eigenvalue weighted by Crippen LogP contribution is 2.78. The summed E-state index contributed by atoms with van der Waals surface area (Å²) in [7, 11) is 1.38. The summed E-state index contributed by atoms with van der Waals surface area (Å²) in [4.78, 5) is 31.1. The van der Waals surface area contributed by atoms with Gasteiger partial charge in [0.15, 0.2) is 5.41 Å². The van der Waals surface area contributed by atoms with Crippen LogP contribution in [0.15, 0.2) is 24.3 Å². The first kappa shape index (κ1) is 14.1. The Morgan fingerprint density at radius 3 is 2.96 bits per heavy atom. The van der Waals surface area contributed by atoms with Crippen molar-refractivity contribution in [1.29, 1.82) is 0 Å². The van der Waals surface area contributed by atoms with Gasteiger partial charge in [-0.3, -0.25) is 9.59 Å². The summed E-state index contributed by atoms with van der Waals surface area (Å²) in [5.41, 5.74) is 2.26. The van der Waals surface area contributed by atoms with E-state index in [1.54, 1.807) is 0 Å². The third kappa shape index (κ3) is 1.27. The Balaban J connectivity index is 1.73. The van der Waals surface area contributed by atoms with Gasteiger partial charge in [0.1, 0.15) is 0 Å². The summed E-state index contributed by atoms with van der Waals surface area (Å²) < 4.78 is 5.03. The first-order valence-corrected chi connectivity index (χ1v) is 8.59. The molecule has 0 bridgehead atoms. The van der Waals surface area contributed by atoms with E-state index in [-0.39, 0.29) is 23.3 Å². The van der Waals surface area contributed by atoms with Gasteiger partial charge in [-0.1, -0.05) is 25.1 Å². The van der Waals surface area contributed by atoms with Gasteiger partial charge in [0.05, 0.1) is 13.2 Å². The van der Waals surface area contributed by atoms with Gasteiger partial charge in [-0.2, -0.15) is 0 Å². The Morgan fingerprint density at radius 1 is 1.42 bits per heavy atom. The number of aromatic nitrogens is 1. The Kier molecular flexibility index (Phi) is 2.47. The Hall–Kier alpha value is -2.30. The van der Waals surface area contributed by atoms with E-state index < -0.39 is 5.41 Å². The van der Waals surface area contributed by atoms with Crippen molar-refractivity contribution in [3.8, 4) is 0 Å². The topological polar surface area (TPSA) is 62.4 Å². The molecule has 3 heterocycles. The number of ether oxygens (including phenoxy) is 1. The molecule has 3 atom stereocenters. The van der Waals surface area contributed by atoms with Crippen LogP contribution < -0.4 is 0 Å². The van der Waals surface area contributed by atoms with Gasteiger partial charge in [0.2, 0.25) is 5.91 Å². The van der Waals surface area contributed by atoms with Crippen LogP contribution in [0.4, 0.5) is 0 Å². The van der Waals surface area contributed by atoms with Gasteiger partial charge >= 0.3 is 5.97 Å². The number of hydrogen-bond donors (Lipinski definition) is 1.